The molecule has 1 atom stereocenters. The van der Waals surface area contributed by atoms with E-state index < -0.39 is 17.8 Å². The smallest absolute Gasteiger partial charge is 0.419 e. The molecular formula is C16H19NO3. The number of nitrogens with zero attached hydrogens (tertiary/aromatic N) is 1. The second-order valence-electron chi connectivity index (χ2n) is 5.62. The Bertz CT molecular complexity index is 649. The maximum atomic E-state index is 12.4. The van der Waals surface area contributed by atoms with Gasteiger partial charge in [-0.2, -0.15) is 0 Å². The number of aliphatic hydroxyl groups excluding tert-OH is 1. The van der Waals surface area contributed by atoms with Gasteiger partial charge in [0.1, 0.15) is 11.7 Å². The van der Waals surface area contributed by atoms with Crippen LogP contribution in [0, 0.1) is 0 Å². The molecule has 0 aliphatic heterocycles. The van der Waals surface area contributed by atoms with Gasteiger partial charge in [0.2, 0.25) is 0 Å². The Morgan fingerprint density at radius 1 is 1.40 bits per heavy atom. The third-order valence-corrected chi connectivity index (χ3v) is 2.84. The average molecular weight is 273 g/mol. The molecule has 0 fully saturated rings. The fraction of sp³-hybridized carbons (Fsp3) is 0.312. The maximum Gasteiger partial charge on any atom is 0.419 e. The first-order valence-corrected chi connectivity index (χ1v) is 6.48. The number of benzene rings is 1. The fourth-order valence-corrected chi connectivity index (χ4v) is 2.03. The summed E-state index contributed by atoms with van der Waals surface area (Å²) in [6, 6.07) is 9.19. The lowest BCUT2D eigenvalue weighted by Crippen LogP contribution is -2.28. The molecule has 4 heteroatoms. The number of carbonyl (C=O) groups is 1. The van der Waals surface area contributed by atoms with Gasteiger partial charge in [-0.25, -0.2) is 9.36 Å². The molecule has 0 bridgehead atoms. The number of hydrogen-bond donors (Lipinski definition) is 1. The lowest BCUT2D eigenvalue weighted by Gasteiger charge is -2.21. The highest BCUT2D eigenvalue weighted by atomic mass is 16.6. The lowest BCUT2D eigenvalue weighted by molar-refractivity contribution is 0.0529. The van der Waals surface area contributed by atoms with Crippen LogP contribution in [0.1, 0.15) is 32.6 Å². The van der Waals surface area contributed by atoms with Crippen molar-refractivity contribution in [2.24, 2.45) is 0 Å². The molecule has 0 spiro atoms. The molecule has 0 amide bonds. The van der Waals surface area contributed by atoms with Crippen LogP contribution < -0.4 is 0 Å². The van der Waals surface area contributed by atoms with Crippen LogP contribution >= 0.6 is 0 Å². The summed E-state index contributed by atoms with van der Waals surface area (Å²) in [6.07, 6.45) is -0.0424. The van der Waals surface area contributed by atoms with Crippen molar-refractivity contribution >= 4 is 17.0 Å². The highest BCUT2D eigenvalue weighted by molar-refractivity contribution is 5.91. The summed E-state index contributed by atoms with van der Waals surface area (Å²) in [5.41, 5.74) is 0.562. The minimum Gasteiger partial charge on any atom is -0.443 e. The van der Waals surface area contributed by atoms with Crippen molar-refractivity contribution in [3.8, 4) is 0 Å². The number of aliphatic hydroxyl groups is 1. The van der Waals surface area contributed by atoms with Gasteiger partial charge in [0.05, 0.1) is 11.2 Å². The molecular weight excluding hydrogens is 254 g/mol. The fourth-order valence-electron chi connectivity index (χ4n) is 2.03. The van der Waals surface area contributed by atoms with Crippen molar-refractivity contribution in [2.45, 2.75) is 32.5 Å². The zero-order chi connectivity index (χ0) is 14.9. The van der Waals surface area contributed by atoms with Gasteiger partial charge >= 0.3 is 6.09 Å². The van der Waals surface area contributed by atoms with Crippen molar-refractivity contribution in [3.05, 3.63) is 48.7 Å². The van der Waals surface area contributed by atoms with Gasteiger partial charge in [0, 0.05) is 5.39 Å². The van der Waals surface area contributed by atoms with E-state index in [-0.39, 0.29) is 0 Å². The number of aromatic nitrogens is 1. The summed E-state index contributed by atoms with van der Waals surface area (Å²) in [5.74, 6) is 0. The van der Waals surface area contributed by atoms with Crippen molar-refractivity contribution in [2.75, 3.05) is 0 Å². The Hall–Kier alpha value is -2.07. The molecule has 0 radical (unpaired) electrons. The number of ether oxygens (including phenoxy) is 1. The van der Waals surface area contributed by atoms with Crippen LogP contribution in [0.3, 0.4) is 0 Å². The summed E-state index contributed by atoms with van der Waals surface area (Å²) in [5, 5.41) is 10.9. The van der Waals surface area contributed by atoms with E-state index in [9.17, 15) is 9.90 Å². The molecule has 0 saturated heterocycles. The van der Waals surface area contributed by atoms with Crippen LogP contribution in [0.15, 0.2) is 43.0 Å². The first kappa shape index (κ1) is 14.3. The van der Waals surface area contributed by atoms with Crippen molar-refractivity contribution in [3.63, 3.8) is 0 Å². The summed E-state index contributed by atoms with van der Waals surface area (Å²) < 4.78 is 6.80. The van der Waals surface area contributed by atoms with E-state index >= 15 is 0 Å². The summed E-state index contributed by atoms with van der Waals surface area (Å²) in [7, 11) is 0. The van der Waals surface area contributed by atoms with Gasteiger partial charge < -0.3 is 9.84 Å². The topological polar surface area (TPSA) is 51.5 Å². The molecule has 2 rings (SSSR count). The highest BCUT2D eigenvalue weighted by Gasteiger charge is 2.23. The normalized spacial score (nSPS) is 13.2. The van der Waals surface area contributed by atoms with Crippen LogP contribution in [0.2, 0.25) is 0 Å². The van der Waals surface area contributed by atoms with Gasteiger partial charge in [-0.1, -0.05) is 24.3 Å². The molecule has 1 aromatic heterocycles. The van der Waals surface area contributed by atoms with E-state index in [0.29, 0.717) is 11.2 Å². The Morgan fingerprint density at radius 2 is 2.05 bits per heavy atom. The van der Waals surface area contributed by atoms with Gasteiger partial charge in [0.25, 0.3) is 0 Å². The van der Waals surface area contributed by atoms with Crippen LogP contribution in [0.5, 0.6) is 0 Å². The molecule has 1 unspecified atom stereocenters. The van der Waals surface area contributed by atoms with E-state index in [4.69, 9.17) is 4.74 Å². The number of para-hydroxylation sites is 1. The van der Waals surface area contributed by atoms with Gasteiger partial charge in [-0.3, -0.25) is 0 Å². The standard InChI is InChI=1S/C16H19NO3/c1-5-14(18)13-10-11-8-6-7-9-12(11)17(13)15(19)20-16(2,3)4/h5-10,14,18H,1H2,2-4H3. The maximum absolute atomic E-state index is 12.4. The van der Waals surface area contributed by atoms with Crippen LogP contribution in [-0.2, 0) is 4.74 Å². The molecule has 106 valence electrons. The van der Waals surface area contributed by atoms with Crippen molar-refractivity contribution in [1.29, 1.82) is 0 Å². The molecule has 1 aromatic carbocycles. The van der Waals surface area contributed by atoms with E-state index in [2.05, 4.69) is 6.58 Å². The number of carbonyl (C=O) groups excluding carboxylic acids is 1. The number of fused-ring (bicyclic) bond motifs is 1. The highest BCUT2D eigenvalue weighted by Crippen LogP contribution is 2.26. The number of rotatable bonds is 2. The predicted octanol–water partition coefficient (Wildman–Crippen LogP) is 3.64. The average Bonchev–Trinajstić information content (AvgIpc) is 2.75. The third-order valence-electron chi connectivity index (χ3n) is 2.84. The summed E-state index contributed by atoms with van der Waals surface area (Å²) >= 11 is 0. The van der Waals surface area contributed by atoms with Gasteiger partial charge in [-0.15, -0.1) is 6.58 Å². The minimum atomic E-state index is -0.921. The SMILES string of the molecule is C=CC(O)c1cc2ccccc2n1C(=O)OC(C)(C)C. The summed E-state index contributed by atoms with van der Waals surface area (Å²) in [4.78, 5) is 12.4. The largest absolute Gasteiger partial charge is 0.443 e. The van der Waals surface area contributed by atoms with Crippen molar-refractivity contribution < 1.29 is 14.6 Å². The zero-order valence-electron chi connectivity index (χ0n) is 12.0. The first-order valence-electron chi connectivity index (χ1n) is 6.48. The van der Waals surface area contributed by atoms with Gasteiger partial charge in [0.15, 0.2) is 0 Å². The van der Waals surface area contributed by atoms with E-state index in [1.807, 2.05) is 24.3 Å². The number of hydrogen-bond acceptors (Lipinski definition) is 3. The lowest BCUT2D eigenvalue weighted by atomic mass is 10.2. The molecule has 0 saturated carbocycles. The third kappa shape index (κ3) is 2.75. The molecule has 0 aliphatic carbocycles. The predicted molar refractivity (Wildman–Crippen MR) is 78.7 cm³/mol. The molecule has 4 nitrogen and oxygen atoms in total. The Labute approximate surface area is 118 Å². The minimum absolute atomic E-state index is 0.454. The van der Waals surface area contributed by atoms with E-state index in [0.717, 1.165) is 5.39 Å². The monoisotopic (exact) mass is 273 g/mol. The summed E-state index contributed by atoms with van der Waals surface area (Å²) in [6.45, 7) is 8.98. The molecule has 2 aromatic rings. The second-order valence-corrected chi connectivity index (χ2v) is 5.62. The first-order chi connectivity index (χ1) is 9.33. The van der Waals surface area contributed by atoms with E-state index in [1.165, 1.54) is 10.6 Å². The molecule has 1 heterocycles. The molecule has 20 heavy (non-hydrogen) atoms. The molecule has 0 aliphatic rings. The zero-order valence-corrected chi connectivity index (χ0v) is 12.0. The Kier molecular flexibility index (Phi) is 3.68. The van der Waals surface area contributed by atoms with Crippen LogP contribution in [0.25, 0.3) is 10.9 Å². The van der Waals surface area contributed by atoms with Crippen LogP contribution in [0.4, 0.5) is 4.79 Å². The van der Waals surface area contributed by atoms with E-state index in [1.54, 1.807) is 26.8 Å². The molecule has 1 N–H and O–H groups in total. The quantitative estimate of drug-likeness (QED) is 0.850. The second kappa shape index (κ2) is 5.13. The Balaban J connectivity index is 2.59. The van der Waals surface area contributed by atoms with Crippen molar-refractivity contribution in [1.82, 2.24) is 4.57 Å². The van der Waals surface area contributed by atoms with Gasteiger partial charge in [-0.05, 0) is 32.9 Å². The van der Waals surface area contributed by atoms with Crippen LogP contribution in [-0.4, -0.2) is 21.4 Å². The Morgan fingerprint density at radius 3 is 2.65 bits per heavy atom.